The highest BCUT2D eigenvalue weighted by Crippen LogP contribution is 2.60. The van der Waals surface area contributed by atoms with Crippen LogP contribution in [0, 0.1) is 17.2 Å². The van der Waals surface area contributed by atoms with Gasteiger partial charge in [0.25, 0.3) is 0 Å². The standard InChI is InChI=1S/C13H13NO/c1-13(2)11-6-9(11)10-5-8(7-14)3-4-12(10)15-13/h3-5,9,11H,6H2,1-2H3/t9-,11-/m0/s1. The third-order valence-corrected chi connectivity index (χ3v) is 3.59. The van der Waals surface area contributed by atoms with Crippen LogP contribution in [0.15, 0.2) is 18.2 Å². The van der Waals surface area contributed by atoms with E-state index in [0.29, 0.717) is 11.8 Å². The summed E-state index contributed by atoms with van der Waals surface area (Å²) >= 11 is 0. The molecule has 2 aliphatic rings. The second-order valence-electron chi connectivity index (χ2n) is 5.02. The molecule has 1 heterocycles. The third-order valence-electron chi connectivity index (χ3n) is 3.59. The molecule has 0 radical (unpaired) electrons. The van der Waals surface area contributed by atoms with Crippen molar-refractivity contribution >= 4 is 0 Å². The lowest BCUT2D eigenvalue weighted by Gasteiger charge is -2.32. The second-order valence-corrected chi connectivity index (χ2v) is 5.02. The Balaban J connectivity index is 2.10. The van der Waals surface area contributed by atoms with Crippen molar-refractivity contribution in [3.8, 4) is 11.8 Å². The number of fused-ring (bicyclic) bond motifs is 3. The number of rotatable bonds is 0. The second kappa shape index (κ2) is 2.55. The van der Waals surface area contributed by atoms with E-state index in [1.54, 1.807) is 0 Å². The summed E-state index contributed by atoms with van der Waals surface area (Å²) < 4.78 is 5.96. The van der Waals surface area contributed by atoms with Crippen LogP contribution >= 0.6 is 0 Å². The molecule has 2 atom stereocenters. The van der Waals surface area contributed by atoms with E-state index in [4.69, 9.17) is 10.00 Å². The van der Waals surface area contributed by atoms with Crippen LogP contribution in [0.1, 0.15) is 37.3 Å². The van der Waals surface area contributed by atoms with E-state index in [9.17, 15) is 0 Å². The molecule has 3 rings (SSSR count). The molecule has 1 aliphatic heterocycles. The van der Waals surface area contributed by atoms with Gasteiger partial charge in [-0.05, 0) is 49.9 Å². The van der Waals surface area contributed by atoms with Crippen LogP contribution in [0.3, 0.4) is 0 Å². The average Bonchev–Trinajstić information content (AvgIpc) is 2.97. The molecule has 0 aromatic heterocycles. The van der Waals surface area contributed by atoms with Gasteiger partial charge in [0.05, 0.1) is 11.6 Å². The number of hydrogen-bond donors (Lipinski definition) is 0. The molecule has 0 bridgehead atoms. The highest BCUT2D eigenvalue weighted by atomic mass is 16.5. The summed E-state index contributed by atoms with van der Waals surface area (Å²) in [6.07, 6.45) is 1.20. The van der Waals surface area contributed by atoms with Gasteiger partial charge in [0, 0.05) is 5.92 Å². The summed E-state index contributed by atoms with van der Waals surface area (Å²) in [4.78, 5) is 0. The Labute approximate surface area is 89.5 Å². The predicted molar refractivity (Wildman–Crippen MR) is 56.7 cm³/mol. The van der Waals surface area contributed by atoms with Gasteiger partial charge < -0.3 is 4.74 Å². The Bertz CT molecular complexity index is 470. The monoisotopic (exact) mass is 199 g/mol. The first-order chi connectivity index (χ1) is 7.12. The fourth-order valence-corrected chi connectivity index (χ4v) is 2.67. The Morgan fingerprint density at radius 3 is 3.00 bits per heavy atom. The average molecular weight is 199 g/mol. The SMILES string of the molecule is CC1(C)Oc2ccc(C#N)cc2[C@@H]2C[C@@H]21. The minimum absolute atomic E-state index is 0.0359. The Morgan fingerprint density at radius 1 is 1.47 bits per heavy atom. The zero-order valence-electron chi connectivity index (χ0n) is 8.95. The molecule has 1 fully saturated rings. The molecule has 0 amide bonds. The van der Waals surface area contributed by atoms with Crippen molar-refractivity contribution < 1.29 is 4.74 Å². The van der Waals surface area contributed by atoms with Crippen LogP contribution in [0.5, 0.6) is 5.75 Å². The number of nitriles is 1. The molecule has 0 unspecified atom stereocenters. The van der Waals surface area contributed by atoms with E-state index >= 15 is 0 Å². The smallest absolute Gasteiger partial charge is 0.123 e. The van der Waals surface area contributed by atoms with Gasteiger partial charge in [-0.2, -0.15) is 5.26 Å². The minimum atomic E-state index is -0.0359. The molecule has 0 N–H and O–H groups in total. The van der Waals surface area contributed by atoms with Crippen LogP contribution in [0.4, 0.5) is 0 Å². The van der Waals surface area contributed by atoms with Crippen molar-refractivity contribution in [1.82, 2.24) is 0 Å². The molecule has 0 saturated heterocycles. The van der Waals surface area contributed by atoms with Crippen molar-refractivity contribution in [2.45, 2.75) is 31.8 Å². The summed E-state index contributed by atoms with van der Waals surface area (Å²) in [6, 6.07) is 7.93. The van der Waals surface area contributed by atoms with Crippen molar-refractivity contribution in [2.24, 2.45) is 5.92 Å². The Morgan fingerprint density at radius 2 is 2.27 bits per heavy atom. The fourth-order valence-electron chi connectivity index (χ4n) is 2.67. The van der Waals surface area contributed by atoms with Gasteiger partial charge in [-0.3, -0.25) is 0 Å². The lowest BCUT2D eigenvalue weighted by atomic mass is 9.93. The summed E-state index contributed by atoms with van der Waals surface area (Å²) in [6.45, 7) is 4.30. The maximum absolute atomic E-state index is 8.85. The van der Waals surface area contributed by atoms with E-state index in [1.807, 2.05) is 18.2 Å². The van der Waals surface area contributed by atoms with Gasteiger partial charge in [0.1, 0.15) is 11.4 Å². The van der Waals surface area contributed by atoms with Crippen LogP contribution in [0.2, 0.25) is 0 Å². The molecule has 76 valence electrons. The Hall–Kier alpha value is -1.49. The molecule has 15 heavy (non-hydrogen) atoms. The number of ether oxygens (including phenoxy) is 1. The van der Waals surface area contributed by atoms with E-state index < -0.39 is 0 Å². The lowest BCUT2D eigenvalue weighted by molar-refractivity contribution is 0.0713. The van der Waals surface area contributed by atoms with E-state index in [2.05, 4.69) is 19.9 Å². The highest BCUT2D eigenvalue weighted by Gasteiger charge is 2.54. The predicted octanol–water partition coefficient (Wildman–Crippen LogP) is 2.83. The molecule has 1 aromatic rings. The quantitative estimate of drug-likeness (QED) is 0.643. The summed E-state index contributed by atoms with van der Waals surface area (Å²) in [7, 11) is 0. The number of hydrogen-bond acceptors (Lipinski definition) is 2. The highest BCUT2D eigenvalue weighted by molar-refractivity contribution is 5.48. The van der Waals surface area contributed by atoms with Gasteiger partial charge >= 0.3 is 0 Å². The first-order valence-electron chi connectivity index (χ1n) is 5.35. The number of nitrogens with zero attached hydrogens (tertiary/aromatic N) is 1. The van der Waals surface area contributed by atoms with Crippen LogP contribution < -0.4 is 4.74 Å². The van der Waals surface area contributed by atoms with Crippen LogP contribution in [-0.2, 0) is 0 Å². The van der Waals surface area contributed by atoms with Gasteiger partial charge in [-0.15, -0.1) is 0 Å². The fraction of sp³-hybridized carbons (Fsp3) is 0.462. The largest absolute Gasteiger partial charge is 0.487 e. The molecule has 2 heteroatoms. The third kappa shape index (κ3) is 1.16. The van der Waals surface area contributed by atoms with Crippen molar-refractivity contribution in [3.63, 3.8) is 0 Å². The Kier molecular flexibility index (Phi) is 1.49. The van der Waals surface area contributed by atoms with E-state index in [1.165, 1.54) is 12.0 Å². The molecule has 0 spiro atoms. The first kappa shape index (κ1) is 8.79. The first-order valence-corrected chi connectivity index (χ1v) is 5.35. The van der Waals surface area contributed by atoms with Gasteiger partial charge in [0.15, 0.2) is 0 Å². The van der Waals surface area contributed by atoms with Crippen molar-refractivity contribution in [1.29, 1.82) is 5.26 Å². The maximum Gasteiger partial charge on any atom is 0.123 e. The van der Waals surface area contributed by atoms with Crippen LogP contribution in [0.25, 0.3) is 0 Å². The van der Waals surface area contributed by atoms with Gasteiger partial charge in [0.2, 0.25) is 0 Å². The summed E-state index contributed by atoms with van der Waals surface area (Å²) in [5.74, 6) is 2.23. The van der Waals surface area contributed by atoms with E-state index in [-0.39, 0.29) is 5.60 Å². The number of benzene rings is 1. The normalized spacial score (nSPS) is 29.4. The molecular formula is C13H13NO. The summed E-state index contributed by atoms with van der Waals surface area (Å²) in [5, 5.41) is 8.85. The maximum atomic E-state index is 8.85. The zero-order chi connectivity index (χ0) is 10.6. The lowest BCUT2D eigenvalue weighted by Crippen LogP contribution is -2.34. The van der Waals surface area contributed by atoms with Crippen molar-refractivity contribution in [2.75, 3.05) is 0 Å². The summed E-state index contributed by atoms with van der Waals surface area (Å²) in [5.41, 5.74) is 1.94. The molecule has 1 aliphatic carbocycles. The van der Waals surface area contributed by atoms with Crippen LogP contribution in [-0.4, -0.2) is 5.60 Å². The molecule has 1 aromatic carbocycles. The molecular weight excluding hydrogens is 186 g/mol. The minimum Gasteiger partial charge on any atom is -0.487 e. The molecule has 1 saturated carbocycles. The zero-order valence-corrected chi connectivity index (χ0v) is 8.95. The topological polar surface area (TPSA) is 33.0 Å². The van der Waals surface area contributed by atoms with Gasteiger partial charge in [-0.25, -0.2) is 0 Å². The molecule has 2 nitrogen and oxygen atoms in total. The van der Waals surface area contributed by atoms with Crippen molar-refractivity contribution in [3.05, 3.63) is 29.3 Å². The van der Waals surface area contributed by atoms with Gasteiger partial charge in [-0.1, -0.05) is 0 Å². The van der Waals surface area contributed by atoms with E-state index in [0.717, 1.165) is 11.3 Å².